The maximum atomic E-state index is 12.4. The topological polar surface area (TPSA) is 87.8 Å². The molecule has 7 nitrogen and oxygen atoms in total. The molecule has 9 heteroatoms. The molecule has 1 amide bonds. The van der Waals surface area contributed by atoms with Gasteiger partial charge in [-0.2, -0.15) is 0 Å². The van der Waals surface area contributed by atoms with E-state index in [0.29, 0.717) is 15.6 Å². The summed E-state index contributed by atoms with van der Waals surface area (Å²) in [5, 5.41) is 14.1. The van der Waals surface area contributed by atoms with E-state index in [0.717, 1.165) is 22.8 Å². The molecule has 2 heterocycles. The van der Waals surface area contributed by atoms with Crippen LogP contribution in [0, 0.1) is 10.1 Å². The summed E-state index contributed by atoms with van der Waals surface area (Å²) >= 11 is 2.96. The number of fused-ring (bicyclic) bond motifs is 2. The number of carbonyl (C=O) groups excluding carboxylic acids is 1. The summed E-state index contributed by atoms with van der Waals surface area (Å²) in [6.45, 7) is 3.00. The first-order chi connectivity index (χ1) is 16.0. The Labute approximate surface area is 198 Å². The first-order valence-electron chi connectivity index (χ1n) is 10.2. The number of nitrogens with one attached hydrogen (secondary N) is 1. The van der Waals surface area contributed by atoms with Gasteiger partial charge in [0, 0.05) is 28.5 Å². The molecule has 0 spiro atoms. The Morgan fingerprint density at radius 3 is 2.55 bits per heavy atom. The highest BCUT2D eigenvalue weighted by Gasteiger charge is 2.25. The number of hydrogen-bond acceptors (Lipinski definition) is 7. The number of nitro groups is 1. The Hall–Kier alpha value is -3.56. The molecule has 1 N–H and O–H groups in total. The van der Waals surface area contributed by atoms with Crippen LogP contribution in [0.2, 0.25) is 0 Å². The normalized spacial score (nSPS) is 17.1. The average molecular weight is 475 g/mol. The van der Waals surface area contributed by atoms with Gasteiger partial charge in [0.2, 0.25) is 0 Å². The number of non-ortho nitro benzene ring substituents is 1. The number of thioether (sulfide) groups is 1. The van der Waals surface area contributed by atoms with E-state index in [-0.39, 0.29) is 11.6 Å². The Bertz CT molecular complexity index is 1340. The molecule has 2 aliphatic heterocycles. The number of nitrogens with zero attached hydrogens (tertiary/aromatic N) is 3. The number of rotatable bonds is 4. The maximum absolute atomic E-state index is 12.4. The summed E-state index contributed by atoms with van der Waals surface area (Å²) in [5.74, 6) is -0.240. The van der Waals surface area contributed by atoms with Gasteiger partial charge in [-0.25, -0.2) is 4.99 Å². The van der Waals surface area contributed by atoms with Crippen molar-refractivity contribution in [3.63, 3.8) is 0 Å². The van der Waals surface area contributed by atoms with Crippen LogP contribution in [0.25, 0.3) is 6.08 Å². The molecule has 2 aliphatic rings. The van der Waals surface area contributed by atoms with E-state index >= 15 is 0 Å². The van der Waals surface area contributed by atoms with E-state index in [9.17, 15) is 14.9 Å². The molecule has 0 aliphatic carbocycles. The number of amidine groups is 1. The molecule has 33 heavy (non-hydrogen) atoms. The molecule has 1 fully saturated rings. The molecule has 0 aromatic heterocycles. The number of anilines is 2. The molecule has 3 aromatic rings. The van der Waals surface area contributed by atoms with E-state index in [2.05, 4.69) is 46.4 Å². The molecule has 3 aromatic carbocycles. The molecule has 5 rings (SSSR count). The monoisotopic (exact) mass is 474 g/mol. The fourth-order valence-corrected chi connectivity index (χ4v) is 5.64. The molecule has 0 atom stereocenters. The quantitative estimate of drug-likeness (QED) is 0.279. The third kappa shape index (κ3) is 4.24. The second kappa shape index (κ2) is 8.76. The van der Waals surface area contributed by atoms with Crippen LogP contribution >= 0.6 is 23.5 Å². The van der Waals surface area contributed by atoms with Gasteiger partial charge >= 0.3 is 0 Å². The van der Waals surface area contributed by atoms with Gasteiger partial charge < -0.3 is 10.2 Å². The van der Waals surface area contributed by atoms with Gasteiger partial charge in [0.15, 0.2) is 5.17 Å². The molecular formula is C24H18N4O3S2. The molecular weight excluding hydrogens is 456 g/mol. The van der Waals surface area contributed by atoms with Crippen molar-refractivity contribution in [1.82, 2.24) is 5.32 Å². The Balaban J connectivity index is 1.38. The van der Waals surface area contributed by atoms with Crippen LogP contribution in [0.15, 0.2) is 86.4 Å². The minimum atomic E-state index is -0.450. The van der Waals surface area contributed by atoms with E-state index in [1.165, 1.54) is 34.5 Å². The predicted molar refractivity (Wildman–Crippen MR) is 134 cm³/mol. The lowest BCUT2D eigenvalue weighted by Crippen LogP contribution is -2.20. The zero-order valence-corrected chi connectivity index (χ0v) is 19.2. The van der Waals surface area contributed by atoms with E-state index in [4.69, 9.17) is 0 Å². The van der Waals surface area contributed by atoms with E-state index in [1.807, 2.05) is 18.2 Å². The number of aliphatic imine (C=N–C) groups is 1. The smallest absolute Gasteiger partial charge is 0.269 e. The average Bonchev–Trinajstić information content (AvgIpc) is 3.15. The lowest BCUT2D eigenvalue weighted by Gasteiger charge is -2.31. The third-order valence-corrected chi connectivity index (χ3v) is 7.23. The van der Waals surface area contributed by atoms with Crippen molar-refractivity contribution in [3.8, 4) is 0 Å². The molecule has 0 radical (unpaired) electrons. The molecule has 1 saturated heterocycles. The zero-order chi connectivity index (χ0) is 22.9. The number of nitro benzene ring substituents is 1. The summed E-state index contributed by atoms with van der Waals surface area (Å²) in [5.41, 5.74) is 3.83. The highest BCUT2D eigenvalue weighted by atomic mass is 32.2. The number of carbonyl (C=O) groups is 1. The Morgan fingerprint density at radius 1 is 1.03 bits per heavy atom. The fourth-order valence-electron chi connectivity index (χ4n) is 3.67. The first kappa shape index (κ1) is 21.3. The van der Waals surface area contributed by atoms with Crippen LogP contribution in [0.3, 0.4) is 0 Å². The number of hydrogen-bond donors (Lipinski definition) is 1. The van der Waals surface area contributed by atoms with Crippen molar-refractivity contribution < 1.29 is 9.72 Å². The van der Waals surface area contributed by atoms with Gasteiger partial charge in [-0.1, -0.05) is 23.9 Å². The summed E-state index contributed by atoms with van der Waals surface area (Å²) < 4.78 is 0. The van der Waals surface area contributed by atoms with Gasteiger partial charge in [0.1, 0.15) is 0 Å². The van der Waals surface area contributed by atoms with E-state index in [1.54, 1.807) is 30.0 Å². The molecule has 0 saturated carbocycles. The van der Waals surface area contributed by atoms with Crippen molar-refractivity contribution in [1.29, 1.82) is 0 Å². The highest BCUT2D eigenvalue weighted by Crippen LogP contribution is 2.49. The highest BCUT2D eigenvalue weighted by molar-refractivity contribution is 8.18. The number of benzene rings is 3. The molecule has 0 unspecified atom stereocenters. The minimum Gasteiger partial charge on any atom is -0.340 e. The third-order valence-electron chi connectivity index (χ3n) is 5.21. The van der Waals surface area contributed by atoms with Crippen molar-refractivity contribution in [2.75, 3.05) is 11.4 Å². The van der Waals surface area contributed by atoms with Crippen molar-refractivity contribution in [2.24, 2.45) is 4.99 Å². The van der Waals surface area contributed by atoms with Gasteiger partial charge in [0.25, 0.3) is 11.6 Å². The van der Waals surface area contributed by atoms with E-state index < -0.39 is 4.92 Å². The van der Waals surface area contributed by atoms with Gasteiger partial charge in [-0.15, -0.1) is 0 Å². The van der Waals surface area contributed by atoms with Crippen LogP contribution in [-0.4, -0.2) is 22.5 Å². The van der Waals surface area contributed by atoms with Gasteiger partial charge in [-0.05, 0) is 72.8 Å². The fraction of sp³-hybridized carbons (Fsp3) is 0.0833. The number of amides is 1. The molecule has 0 bridgehead atoms. The van der Waals surface area contributed by atoms with Crippen LogP contribution in [0.1, 0.15) is 12.5 Å². The minimum absolute atomic E-state index is 0.0115. The molecule has 164 valence electrons. The standard InChI is InChI=1S/C24H18N4O3S2/c1-2-27-18-5-3-4-6-20(18)32-21-14-16(9-12-19(21)27)25-24-26-23(29)22(33-24)13-15-7-10-17(11-8-15)28(30)31/h3-14H,2H2,1H3,(H,25,26,29). The van der Waals surface area contributed by atoms with Crippen LogP contribution in [0.5, 0.6) is 0 Å². The Kier molecular flexibility index (Phi) is 5.65. The lowest BCUT2D eigenvalue weighted by molar-refractivity contribution is -0.384. The summed E-state index contributed by atoms with van der Waals surface area (Å²) in [7, 11) is 0. The number of para-hydroxylation sites is 1. The van der Waals surface area contributed by atoms with Crippen LogP contribution in [-0.2, 0) is 4.79 Å². The Morgan fingerprint density at radius 2 is 1.79 bits per heavy atom. The zero-order valence-electron chi connectivity index (χ0n) is 17.5. The van der Waals surface area contributed by atoms with Gasteiger partial charge in [-0.3, -0.25) is 14.9 Å². The van der Waals surface area contributed by atoms with Crippen LogP contribution < -0.4 is 10.2 Å². The summed E-state index contributed by atoms with van der Waals surface area (Å²) in [4.78, 5) is 32.5. The van der Waals surface area contributed by atoms with Gasteiger partial charge in [0.05, 0.1) is 26.9 Å². The van der Waals surface area contributed by atoms with Crippen molar-refractivity contribution in [3.05, 3.63) is 87.3 Å². The first-order valence-corrected chi connectivity index (χ1v) is 11.9. The van der Waals surface area contributed by atoms with Crippen LogP contribution in [0.4, 0.5) is 22.7 Å². The van der Waals surface area contributed by atoms with Crippen molar-refractivity contribution in [2.45, 2.75) is 16.7 Å². The lowest BCUT2D eigenvalue weighted by atomic mass is 10.2. The SMILES string of the molecule is CCN1c2ccccc2Sc2cc(N=C3NC(=O)C(=Cc4ccc([N+](=O)[O-])cc4)S3)ccc21. The maximum Gasteiger partial charge on any atom is 0.269 e. The second-order valence-electron chi connectivity index (χ2n) is 7.30. The second-order valence-corrected chi connectivity index (χ2v) is 9.41. The summed E-state index contributed by atoms with van der Waals surface area (Å²) in [6, 6.07) is 20.5. The predicted octanol–water partition coefficient (Wildman–Crippen LogP) is 6.11. The largest absolute Gasteiger partial charge is 0.340 e. The van der Waals surface area contributed by atoms with Crippen molar-refractivity contribution >= 4 is 63.4 Å². The summed E-state index contributed by atoms with van der Waals surface area (Å²) in [6.07, 6.45) is 1.70.